The van der Waals surface area contributed by atoms with Crippen LogP contribution in [0.25, 0.3) is 0 Å². The summed E-state index contributed by atoms with van der Waals surface area (Å²) in [7, 11) is 0. The second kappa shape index (κ2) is 5.25. The monoisotopic (exact) mass is 296 g/mol. The molecule has 1 aromatic carbocycles. The summed E-state index contributed by atoms with van der Waals surface area (Å²) in [6, 6.07) is 6.24. The Morgan fingerprint density at radius 1 is 1.24 bits per heavy atom. The third kappa shape index (κ3) is 3.01. The van der Waals surface area contributed by atoms with Crippen LogP contribution < -0.4 is 10.5 Å². The number of nitrogens with zero attached hydrogens (tertiary/aromatic N) is 1. The molecule has 0 saturated heterocycles. The summed E-state index contributed by atoms with van der Waals surface area (Å²) >= 11 is 3.10. The van der Waals surface area contributed by atoms with Crippen LogP contribution in [0.4, 0.5) is 4.39 Å². The number of nitrogens with two attached hydrogens (primary N) is 1. The van der Waals surface area contributed by atoms with Crippen molar-refractivity contribution in [3.63, 3.8) is 0 Å². The van der Waals surface area contributed by atoms with Gasteiger partial charge in [-0.2, -0.15) is 0 Å². The fraction of sp³-hybridized carbons (Fsp3) is 0.0833. The van der Waals surface area contributed by atoms with Crippen LogP contribution in [-0.2, 0) is 6.54 Å². The fourth-order valence-electron chi connectivity index (χ4n) is 1.31. The molecule has 0 amide bonds. The Kier molecular flexibility index (Phi) is 3.71. The van der Waals surface area contributed by atoms with Crippen LogP contribution in [-0.4, -0.2) is 4.98 Å². The highest BCUT2D eigenvalue weighted by Gasteiger charge is 2.03. The normalized spacial score (nSPS) is 10.3. The number of rotatable bonds is 3. The largest absolute Gasteiger partial charge is 0.456 e. The summed E-state index contributed by atoms with van der Waals surface area (Å²) in [5.41, 5.74) is 6.38. The maximum absolute atomic E-state index is 13.0. The predicted molar refractivity (Wildman–Crippen MR) is 66.3 cm³/mol. The molecule has 2 aromatic rings. The van der Waals surface area contributed by atoms with Gasteiger partial charge in [-0.05, 0) is 45.8 Å². The van der Waals surface area contributed by atoms with Crippen molar-refractivity contribution >= 4 is 15.9 Å². The maximum atomic E-state index is 13.0. The summed E-state index contributed by atoms with van der Waals surface area (Å²) < 4.78 is 18.9. The van der Waals surface area contributed by atoms with E-state index in [0.717, 1.165) is 5.56 Å². The van der Waals surface area contributed by atoms with E-state index in [-0.39, 0.29) is 5.82 Å². The number of ether oxygens (including phenoxy) is 1. The van der Waals surface area contributed by atoms with Crippen LogP contribution in [0.5, 0.6) is 11.5 Å². The summed E-state index contributed by atoms with van der Waals surface area (Å²) in [5.74, 6) is 0.784. The lowest BCUT2D eigenvalue weighted by molar-refractivity contribution is 0.476. The summed E-state index contributed by atoms with van der Waals surface area (Å²) in [4.78, 5) is 4.00. The first kappa shape index (κ1) is 12.0. The molecule has 0 fully saturated rings. The molecule has 3 nitrogen and oxygen atoms in total. The van der Waals surface area contributed by atoms with E-state index in [1.54, 1.807) is 30.6 Å². The molecule has 0 atom stereocenters. The highest BCUT2D eigenvalue weighted by atomic mass is 79.9. The van der Waals surface area contributed by atoms with Crippen molar-refractivity contribution in [3.8, 4) is 11.5 Å². The van der Waals surface area contributed by atoms with Gasteiger partial charge in [-0.1, -0.05) is 0 Å². The van der Waals surface area contributed by atoms with Crippen LogP contribution in [0.2, 0.25) is 0 Å². The third-order valence-electron chi connectivity index (χ3n) is 2.13. The molecule has 0 aliphatic carbocycles. The van der Waals surface area contributed by atoms with Gasteiger partial charge < -0.3 is 10.5 Å². The molecule has 2 rings (SSSR count). The van der Waals surface area contributed by atoms with Gasteiger partial charge in [-0.15, -0.1) is 0 Å². The average Bonchev–Trinajstić information content (AvgIpc) is 2.34. The molecule has 17 heavy (non-hydrogen) atoms. The molecule has 0 bridgehead atoms. The zero-order valence-corrected chi connectivity index (χ0v) is 10.4. The fourth-order valence-corrected chi connectivity index (χ4v) is 1.67. The van der Waals surface area contributed by atoms with Gasteiger partial charge in [-0.25, -0.2) is 4.39 Å². The molecule has 0 aliphatic heterocycles. The number of hydrogen-bond donors (Lipinski definition) is 1. The standard InChI is InChI=1S/C12H10BrFN2O/c13-11-4-9(1-2-12(11)14)17-10-3-8(5-15)6-16-7-10/h1-4,6-7H,5,15H2. The zero-order valence-electron chi connectivity index (χ0n) is 8.86. The molecular formula is C12H10BrFN2O. The third-order valence-corrected chi connectivity index (χ3v) is 2.74. The van der Waals surface area contributed by atoms with E-state index in [1.807, 2.05) is 0 Å². The molecule has 0 spiro atoms. The summed E-state index contributed by atoms with van der Waals surface area (Å²) in [6.45, 7) is 0.400. The van der Waals surface area contributed by atoms with Crippen molar-refractivity contribution in [2.45, 2.75) is 6.54 Å². The van der Waals surface area contributed by atoms with E-state index < -0.39 is 0 Å². The number of pyridine rings is 1. The quantitative estimate of drug-likeness (QED) is 0.946. The van der Waals surface area contributed by atoms with Gasteiger partial charge in [0.25, 0.3) is 0 Å². The molecule has 0 unspecified atom stereocenters. The first-order valence-electron chi connectivity index (χ1n) is 4.96. The van der Waals surface area contributed by atoms with Crippen LogP contribution in [0.1, 0.15) is 5.56 Å². The Morgan fingerprint density at radius 3 is 2.76 bits per heavy atom. The Labute approximate surface area is 107 Å². The Morgan fingerprint density at radius 2 is 2.06 bits per heavy atom. The first-order chi connectivity index (χ1) is 8.19. The van der Waals surface area contributed by atoms with Crippen molar-refractivity contribution in [1.82, 2.24) is 4.98 Å². The van der Waals surface area contributed by atoms with Gasteiger partial charge in [-0.3, -0.25) is 4.98 Å². The first-order valence-corrected chi connectivity index (χ1v) is 5.75. The Hall–Kier alpha value is -1.46. The van der Waals surface area contributed by atoms with E-state index in [9.17, 15) is 4.39 Å². The maximum Gasteiger partial charge on any atom is 0.146 e. The zero-order chi connectivity index (χ0) is 12.3. The second-order valence-corrected chi connectivity index (χ2v) is 4.27. The molecular weight excluding hydrogens is 287 g/mol. The number of aromatic nitrogens is 1. The van der Waals surface area contributed by atoms with Gasteiger partial charge in [0.05, 0.1) is 10.7 Å². The van der Waals surface area contributed by atoms with Crippen molar-refractivity contribution in [2.24, 2.45) is 5.73 Å². The minimum atomic E-state index is -0.328. The van der Waals surface area contributed by atoms with Crippen LogP contribution >= 0.6 is 15.9 Å². The van der Waals surface area contributed by atoms with Gasteiger partial charge >= 0.3 is 0 Å². The van der Waals surface area contributed by atoms with E-state index in [4.69, 9.17) is 10.5 Å². The average molecular weight is 297 g/mol. The number of benzene rings is 1. The molecule has 5 heteroatoms. The van der Waals surface area contributed by atoms with Crippen molar-refractivity contribution in [1.29, 1.82) is 0 Å². The smallest absolute Gasteiger partial charge is 0.146 e. The highest BCUT2D eigenvalue weighted by molar-refractivity contribution is 9.10. The van der Waals surface area contributed by atoms with E-state index in [0.29, 0.717) is 22.5 Å². The molecule has 0 saturated carbocycles. The van der Waals surface area contributed by atoms with Crippen molar-refractivity contribution in [2.75, 3.05) is 0 Å². The minimum absolute atomic E-state index is 0.328. The Balaban J connectivity index is 2.22. The molecule has 1 heterocycles. The Bertz CT molecular complexity index is 534. The summed E-state index contributed by atoms with van der Waals surface area (Å²) in [6.07, 6.45) is 3.25. The van der Waals surface area contributed by atoms with Gasteiger partial charge in [0.15, 0.2) is 0 Å². The number of halogens is 2. The highest BCUT2D eigenvalue weighted by Crippen LogP contribution is 2.26. The molecule has 0 radical (unpaired) electrons. The molecule has 2 N–H and O–H groups in total. The van der Waals surface area contributed by atoms with E-state index in [2.05, 4.69) is 20.9 Å². The number of hydrogen-bond acceptors (Lipinski definition) is 3. The topological polar surface area (TPSA) is 48.1 Å². The van der Waals surface area contributed by atoms with Gasteiger partial charge in [0.2, 0.25) is 0 Å². The lowest BCUT2D eigenvalue weighted by atomic mass is 10.3. The van der Waals surface area contributed by atoms with Gasteiger partial charge in [0, 0.05) is 12.7 Å². The van der Waals surface area contributed by atoms with E-state index in [1.165, 1.54) is 6.07 Å². The van der Waals surface area contributed by atoms with Crippen molar-refractivity contribution < 1.29 is 9.13 Å². The van der Waals surface area contributed by atoms with E-state index >= 15 is 0 Å². The van der Waals surface area contributed by atoms with Crippen molar-refractivity contribution in [3.05, 3.63) is 52.5 Å². The SMILES string of the molecule is NCc1cncc(Oc2ccc(F)c(Br)c2)c1. The van der Waals surface area contributed by atoms with Crippen LogP contribution in [0.15, 0.2) is 41.1 Å². The second-order valence-electron chi connectivity index (χ2n) is 3.41. The lowest BCUT2D eigenvalue weighted by Crippen LogP contribution is -1.97. The van der Waals surface area contributed by atoms with Crippen LogP contribution in [0, 0.1) is 5.82 Å². The van der Waals surface area contributed by atoms with Crippen LogP contribution in [0.3, 0.4) is 0 Å². The molecule has 0 aliphatic rings. The summed E-state index contributed by atoms with van der Waals surface area (Å²) in [5, 5.41) is 0. The molecule has 88 valence electrons. The van der Waals surface area contributed by atoms with Gasteiger partial charge in [0.1, 0.15) is 17.3 Å². The molecule has 1 aromatic heterocycles. The predicted octanol–water partition coefficient (Wildman–Crippen LogP) is 3.23. The lowest BCUT2D eigenvalue weighted by Gasteiger charge is -2.07. The minimum Gasteiger partial charge on any atom is -0.456 e.